The van der Waals surface area contributed by atoms with Crippen LogP contribution in [0, 0.1) is 0 Å². The Labute approximate surface area is 130 Å². The van der Waals surface area contributed by atoms with Crippen LogP contribution in [0.15, 0.2) is 43.0 Å². The predicted octanol–water partition coefficient (Wildman–Crippen LogP) is 3.78. The SMILES string of the molecule is C=C(c1cc(OC)c(OC)c(OC)c1)c1ccccc1OC. The molecule has 0 fully saturated rings. The lowest BCUT2D eigenvalue weighted by molar-refractivity contribution is 0.324. The fourth-order valence-corrected chi connectivity index (χ4v) is 2.30. The van der Waals surface area contributed by atoms with E-state index in [1.165, 1.54) is 0 Å². The van der Waals surface area contributed by atoms with Crippen LogP contribution in [0.3, 0.4) is 0 Å². The molecule has 0 saturated carbocycles. The number of benzene rings is 2. The minimum absolute atomic E-state index is 0.557. The summed E-state index contributed by atoms with van der Waals surface area (Å²) in [7, 11) is 6.40. The lowest BCUT2D eigenvalue weighted by atomic mass is 9.98. The highest BCUT2D eigenvalue weighted by atomic mass is 16.5. The molecule has 4 heteroatoms. The largest absolute Gasteiger partial charge is 0.496 e. The molecular weight excluding hydrogens is 280 g/mol. The Morgan fingerprint density at radius 3 is 1.82 bits per heavy atom. The standard InChI is InChI=1S/C18H20O4/c1-12(14-8-6-7-9-15(14)19-2)13-10-16(20-3)18(22-5)17(11-13)21-4/h6-11H,1H2,2-5H3. The zero-order valence-electron chi connectivity index (χ0n) is 13.3. The van der Waals surface area contributed by atoms with E-state index in [2.05, 4.69) is 6.58 Å². The summed E-state index contributed by atoms with van der Waals surface area (Å²) in [5.74, 6) is 2.50. The highest BCUT2D eigenvalue weighted by Gasteiger charge is 2.16. The zero-order chi connectivity index (χ0) is 16.1. The monoisotopic (exact) mass is 300 g/mol. The van der Waals surface area contributed by atoms with Crippen molar-refractivity contribution >= 4 is 5.57 Å². The van der Waals surface area contributed by atoms with Gasteiger partial charge in [-0.3, -0.25) is 0 Å². The molecule has 0 aliphatic heterocycles. The summed E-state index contributed by atoms with van der Waals surface area (Å²) in [6.07, 6.45) is 0. The second-order valence-electron chi connectivity index (χ2n) is 4.59. The Morgan fingerprint density at radius 1 is 0.773 bits per heavy atom. The molecule has 0 atom stereocenters. The quantitative estimate of drug-likeness (QED) is 0.813. The first-order chi connectivity index (χ1) is 10.7. The average Bonchev–Trinajstić information content (AvgIpc) is 2.59. The van der Waals surface area contributed by atoms with Gasteiger partial charge in [-0.2, -0.15) is 0 Å². The van der Waals surface area contributed by atoms with Gasteiger partial charge in [-0.15, -0.1) is 0 Å². The first-order valence-corrected chi connectivity index (χ1v) is 6.79. The molecule has 0 saturated heterocycles. The van der Waals surface area contributed by atoms with Gasteiger partial charge in [0, 0.05) is 5.56 Å². The van der Waals surface area contributed by atoms with E-state index in [4.69, 9.17) is 18.9 Å². The van der Waals surface area contributed by atoms with Crippen molar-refractivity contribution in [2.45, 2.75) is 0 Å². The molecule has 2 aromatic carbocycles. The molecule has 0 spiro atoms. The molecule has 2 rings (SSSR count). The molecule has 2 aromatic rings. The number of hydrogen-bond acceptors (Lipinski definition) is 4. The van der Waals surface area contributed by atoms with E-state index in [1.807, 2.05) is 36.4 Å². The lowest BCUT2D eigenvalue weighted by Gasteiger charge is -2.16. The highest BCUT2D eigenvalue weighted by molar-refractivity contribution is 5.83. The van der Waals surface area contributed by atoms with Gasteiger partial charge in [0.15, 0.2) is 11.5 Å². The minimum atomic E-state index is 0.557. The molecule has 0 radical (unpaired) electrons. The summed E-state index contributed by atoms with van der Waals surface area (Å²) in [5, 5.41) is 0. The van der Waals surface area contributed by atoms with Crippen molar-refractivity contribution in [1.29, 1.82) is 0 Å². The molecule has 4 nitrogen and oxygen atoms in total. The predicted molar refractivity (Wildman–Crippen MR) is 87.2 cm³/mol. The zero-order valence-corrected chi connectivity index (χ0v) is 13.3. The molecule has 0 amide bonds. The summed E-state index contributed by atoms with van der Waals surface area (Å²) in [5.41, 5.74) is 2.61. The van der Waals surface area contributed by atoms with Crippen LogP contribution in [0.5, 0.6) is 23.0 Å². The number of para-hydroxylation sites is 1. The number of methoxy groups -OCH3 is 4. The molecule has 116 valence electrons. The fourth-order valence-electron chi connectivity index (χ4n) is 2.30. The number of rotatable bonds is 6. The van der Waals surface area contributed by atoms with E-state index in [0.717, 1.165) is 22.4 Å². The van der Waals surface area contributed by atoms with Gasteiger partial charge in [0.05, 0.1) is 28.4 Å². The smallest absolute Gasteiger partial charge is 0.203 e. The summed E-state index contributed by atoms with van der Waals surface area (Å²) < 4.78 is 21.5. The third-order valence-corrected chi connectivity index (χ3v) is 3.45. The Morgan fingerprint density at radius 2 is 1.32 bits per heavy atom. The lowest BCUT2D eigenvalue weighted by Crippen LogP contribution is -1.98. The molecular formula is C18H20O4. The van der Waals surface area contributed by atoms with Crippen LogP contribution in [0.25, 0.3) is 5.57 Å². The highest BCUT2D eigenvalue weighted by Crippen LogP contribution is 2.41. The Kier molecular flexibility index (Phi) is 4.94. The summed E-state index contributed by atoms with van der Waals surface area (Å²) in [4.78, 5) is 0. The first-order valence-electron chi connectivity index (χ1n) is 6.79. The van der Waals surface area contributed by atoms with Gasteiger partial charge in [-0.25, -0.2) is 0 Å². The third kappa shape index (κ3) is 2.86. The molecule has 0 heterocycles. The fraction of sp³-hybridized carbons (Fsp3) is 0.222. The van der Waals surface area contributed by atoms with E-state index in [9.17, 15) is 0 Å². The van der Waals surface area contributed by atoms with Gasteiger partial charge in [-0.1, -0.05) is 24.8 Å². The van der Waals surface area contributed by atoms with Crippen molar-refractivity contribution in [2.24, 2.45) is 0 Å². The van der Waals surface area contributed by atoms with Crippen molar-refractivity contribution in [3.05, 3.63) is 54.1 Å². The van der Waals surface area contributed by atoms with Crippen LogP contribution >= 0.6 is 0 Å². The van der Waals surface area contributed by atoms with Crippen molar-refractivity contribution < 1.29 is 18.9 Å². The normalized spacial score (nSPS) is 10.0. The second kappa shape index (κ2) is 6.89. The van der Waals surface area contributed by atoms with Crippen LogP contribution in [0.2, 0.25) is 0 Å². The van der Waals surface area contributed by atoms with Crippen molar-refractivity contribution in [1.82, 2.24) is 0 Å². The van der Waals surface area contributed by atoms with Crippen LogP contribution in [0.1, 0.15) is 11.1 Å². The van der Waals surface area contributed by atoms with Crippen LogP contribution < -0.4 is 18.9 Å². The Balaban J connectivity index is 2.54. The van der Waals surface area contributed by atoms with Crippen molar-refractivity contribution in [3.8, 4) is 23.0 Å². The van der Waals surface area contributed by atoms with E-state index in [1.54, 1.807) is 28.4 Å². The van der Waals surface area contributed by atoms with Gasteiger partial charge in [0.1, 0.15) is 5.75 Å². The second-order valence-corrected chi connectivity index (χ2v) is 4.59. The maximum absolute atomic E-state index is 5.40. The van der Waals surface area contributed by atoms with Crippen LogP contribution in [0.4, 0.5) is 0 Å². The van der Waals surface area contributed by atoms with E-state index in [-0.39, 0.29) is 0 Å². The molecule has 22 heavy (non-hydrogen) atoms. The maximum Gasteiger partial charge on any atom is 0.203 e. The third-order valence-electron chi connectivity index (χ3n) is 3.45. The molecule has 0 unspecified atom stereocenters. The van der Waals surface area contributed by atoms with E-state index < -0.39 is 0 Å². The minimum Gasteiger partial charge on any atom is -0.496 e. The van der Waals surface area contributed by atoms with Crippen LogP contribution in [-0.2, 0) is 0 Å². The topological polar surface area (TPSA) is 36.9 Å². The molecule has 0 N–H and O–H groups in total. The van der Waals surface area contributed by atoms with E-state index >= 15 is 0 Å². The molecule has 0 aliphatic carbocycles. The summed E-state index contributed by atoms with van der Waals surface area (Å²) in [6.45, 7) is 4.18. The van der Waals surface area contributed by atoms with Crippen LogP contribution in [-0.4, -0.2) is 28.4 Å². The van der Waals surface area contributed by atoms with Crippen molar-refractivity contribution in [3.63, 3.8) is 0 Å². The maximum atomic E-state index is 5.40. The molecule has 0 bridgehead atoms. The number of hydrogen-bond donors (Lipinski definition) is 0. The molecule has 0 aliphatic rings. The van der Waals surface area contributed by atoms with Gasteiger partial charge in [0.25, 0.3) is 0 Å². The molecule has 0 aromatic heterocycles. The van der Waals surface area contributed by atoms with Gasteiger partial charge in [0.2, 0.25) is 5.75 Å². The van der Waals surface area contributed by atoms with Gasteiger partial charge >= 0.3 is 0 Å². The Hall–Kier alpha value is -2.62. The van der Waals surface area contributed by atoms with Crippen molar-refractivity contribution in [2.75, 3.05) is 28.4 Å². The Bertz CT molecular complexity index is 652. The average molecular weight is 300 g/mol. The van der Waals surface area contributed by atoms with Gasteiger partial charge < -0.3 is 18.9 Å². The first kappa shape index (κ1) is 15.8. The van der Waals surface area contributed by atoms with Gasteiger partial charge in [-0.05, 0) is 29.3 Å². The van der Waals surface area contributed by atoms with E-state index in [0.29, 0.717) is 17.2 Å². The summed E-state index contributed by atoms with van der Waals surface area (Å²) >= 11 is 0. The summed E-state index contributed by atoms with van der Waals surface area (Å²) in [6, 6.07) is 11.5. The number of ether oxygens (including phenoxy) is 4.